The summed E-state index contributed by atoms with van der Waals surface area (Å²) in [6.45, 7) is 1.70. The van der Waals surface area contributed by atoms with Gasteiger partial charge in [-0.3, -0.25) is 0 Å². The van der Waals surface area contributed by atoms with Crippen molar-refractivity contribution in [3.05, 3.63) is 29.6 Å². The third-order valence-corrected chi connectivity index (χ3v) is 5.41. The van der Waals surface area contributed by atoms with Crippen LogP contribution >= 0.6 is 0 Å². The molecule has 1 saturated carbocycles. The number of benzene rings is 1. The highest BCUT2D eigenvalue weighted by atomic mass is 32.2. The van der Waals surface area contributed by atoms with Gasteiger partial charge in [-0.2, -0.15) is 0 Å². The molecular weight excluding hydrogens is 281 g/mol. The largest absolute Gasteiger partial charge is 0.392 e. The average molecular weight is 301 g/mol. The zero-order valence-corrected chi connectivity index (χ0v) is 12.3. The molecule has 2 N–H and O–H groups in total. The van der Waals surface area contributed by atoms with Crippen molar-refractivity contribution in [1.29, 1.82) is 0 Å². The fraction of sp³-hybridized carbons (Fsp3) is 0.571. The van der Waals surface area contributed by atoms with Gasteiger partial charge in [0.15, 0.2) is 0 Å². The van der Waals surface area contributed by atoms with Crippen molar-refractivity contribution in [3.63, 3.8) is 0 Å². The molecule has 1 aliphatic carbocycles. The molecule has 0 heterocycles. The normalized spacial score (nSPS) is 23.8. The van der Waals surface area contributed by atoms with Crippen LogP contribution in [-0.2, 0) is 16.6 Å². The lowest BCUT2D eigenvalue weighted by molar-refractivity contribution is 0.281. The van der Waals surface area contributed by atoms with E-state index in [0.29, 0.717) is 5.56 Å². The van der Waals surface area contributed by atoms with Gasteiger partial charge in [0.25, 0.3) is 0 Å². The lowest BCUT2D eigenvalue weighted by Crippen LogP contribution is -2.41. The molecular formula is C14H20FNO3S. The molecule has 2 rings (SSSR count). The number of rotatable bonds is 4. The lowest BCUT2D eigenvalue weighted by atomic mass is 9.87. The Kier molecular flexibility index (Phi) is 4.78. The van der Waals surface area contributed by atoms with Gasteiger partial charge in [-0.25, -0.2) is 17.5 Å². The Hall–Kier alpha value is -0.980. The van der Waals surface area contributed by atoms with E-state index in [-0.39, 0.29) is 23.5 Å². The standard InChI is InChI=1S/C14H20FNO3S/c1-10-4-2-3-5-13(10)16-20(18,19)14-7-6-11(9-17)8-12(14)15/h6-8,10,13,16-17H,2-5,9H2,1H3. The molecule has 1 aromatic rings. The van der Waals surface area contributed by atoms with Crippen LogP contribution in [0.15, 0.2) is 23.1 Å². The van der Waals surface area contributed by atoms with Crippen molar-refractivity contribution in [2.24, 2.45) is 5.92 Å². The Morgan fingerprint density at radius 3 is 2.65 bits per heavy atom. The molecule has 0 radical (unpaired) electrons. The Labute approximate surface area is 119 Å². The van der Waals surface area contributed by atoms with Crippen LogP contribution in [-0.4, -0.2) is 19.6 Å². The first-order chi connectivity index (χ1) is 9.44. The zero-order valence-electron chi connectivity index (χ0n) is 11.5. The van der Waals surface area contributed by atoms with Gasteiger partial charge >= 0.3 is 0 Å². The molecule has 0 saturated heterocycles. The molecule has 2 atom stereocenters. The summed E-state index contributed by atoms with van der Waals surface area (Å²) in [4.78, 5) is -0.354. The molecule has 0 amide bonds. The summed E-state index contributed by atoms with van der Waals surface area (Å²) in [5.74, 6) is -0.564. The Morgan fingerprint density at radius 1 is 1.35 bits per heavy atom. The van der Waals surface area contributed by atoms with E-state index in [1.165, 1.54) is 12.1 Å². The van der Waals surface area contributed by atoms with E-state index in [4.69, 9.17) is 5.11 Å². The molecule has 1 fully saturated rings. The first-order valence-corrected chi connectivity index (χ1v) is 8.34. The summed E-state index contributed by atoms with van der Waals surface area (Å²) in [5.41, 5.74) is 0.354. The van der Waals surface area contributed by atoms with E-state index in [2.05, 4.69) is 4.72 Å². The van der Waals surface area contributed by atoms with Crippen molar-refractivity contribution >= 4 is 10.0 Å². The van der Waals surface area contributed by atoms with Crippen molar-refractivity contribution in [2.45, 2.75) is 50.2 Å². The van der Waals surface area contributed by atoms with E-state index < -0.39 is 15.8 Å². The van der Waals surface area contributed by atoms with Crippen LogP contribution in [0.3, 0.4) is 0 Å². The molecule has 0 bridgehead atoms. The number of aliphatic hydroxyl groups excluding tert-OH is 1. The van der Waals surface area contributed by atoms with Crippen LogP contribution in [0.25, 0.3) is 0 Å². The lowest BCUT2D eigenvalue weighted by Gasteiger charge is -2.29. The van der Waals surface area contributed by atoms with Crippen LogP contribution in [0.2, 0.25) is 0 Å². The smallest absolute Gasteiger partial charge is 0.243 e. The highest BCUT2D eigenvalue weighted by Crippen LogP contribution is 2.26. The summed E-state index contributed by atoms with van der Waals surface area (Å²) >= 11 is 0. The number of hydrogen-bond donors (Lipinski definition) is 2. The monoisotopic (exact) mass is 301 g/mol. The van der Waals surface area contributed by atoms with Gasteiger partial charge in [-0.05, 0) is 36.5 Å². The Balaban J connectivity index is 2.21. The SMILES string of the molecule is CC1CCCCC1NS(=O)(=O)c1ccc(CO)cc1F. The van der Waals surface area contributed by atoms with Crippen LogP contribution in [0.4, 0.5) is 4.39 Å². The third kappa shape index (κ3) is 3.37. The molecule has 0 spiro atoms. The Morgan fingerprint density at radius 2 is 2.05 bits per heavy atom. The van der Waals surface area contributed by atoms with E-state index in [1.54, 1.807) is 0 Å². The molecule has 1 aromatic carbocycles. The molecule has 0 aliphatic heterocycles. The predicted molar refractivity (Wildman–Crippen MR) is 74.1 cm³/mol. The summed E-state index contributed by atoms with van der Waals surface area (Å²) in [5, 5.41) is 8.92. The highest BCUT2D eigenvalue weighted by molar-refractivity contribution is 7.89. The maximum Gasteiger partial charge on any atom is 0.243 e. The minimum Gasteiger partial charge on any atom is -0.392 e. The van der Waals surface area contributed by atoms with E-state index in [1.807, 2.05) is 6.92 Å². The van der Waals surface area contributed by atoms with Crippen LogP contribution < -0.4 is 4.72 Å². The van der Waals surface area contributed by atoms with Gasteiger partial charge in [0.2, 0.25) is 10.0 Å². The van der Waals surface area contributed by atoms with Gasteiger partial charge < -0.3 is 5.11 Å². The van der Waals surface area contributed by atoms with E-state index >= 15 is 0 Å². The van der Waals surface area contributed by atoms with Crippen LogP contribution in [0.1, 0.15) is 38.2 Å². The molecule has 2 unspecified atom stereocenters. The molecule has 0 aromatic heterocycles. The number of hydrogen-bond acceptors (Lipinski definition) is 3. The summed E-state index contributed by atoms with van der Waals surface area (Å²) in [7, 11) is -3.86. The highest BCUT2D eigenvalue weighted by Gasteiger charge is 2.28. The summed E-state index contributed by atoms with van der Waals surface area (Å²) in [6, 6.07) is 3.54. The summed E-state index contributed by atoms with van der Waals surface area (Å²) < 4.78 is 41.0. The fourth-order valence-electron chi connectivity index (χ4n) is 2.61. The van der Waals surface area contributed by atoms with E-state index in [0.717, 1.165) is 31.7 Å². The molecule has 4 nitrogen and oxygen atoms in total. The maximum absolute atomic E-state index is 13.9. The Bertz CT molecular complexity index is 574. The third-order valence-electron chi connectivity index (χ3n) is 3.89. The minimum atomic E-state index is -3.86. The average Bonchev–Trinajstić information content (AvgIpc) is 2.40. The maximum atomic E-state index is 13.9. The number of nitrogens with one attached hydrogen (secondary N) is 1. The molecule has 6 heteroatoms. The second-order valence-corrected chi connectivity index (χ2v) is 7.09. The molecule has 1 aliphatic rings. The number of sulfonamides is 1. The first kappa shape index (κ1) is 15.4. The quantitative estimate of drug-likeness (QED) is 0.895. The van der Waals surface area contributed by atoms with Gasteiger partial charge in [0.1, 0.15) is 10.7 Å². The molecule has 20 heavy (non-hydrogen) atoms. The van der Waals surface area contributed by atoms with Crippen molar-refractivity contribution in [1.82, 2.24) is 4.72 Å². The summed E-state index contributed by atoms with van der Waals surface area (Å²) in [6.07, 6.45) is 3.87. The van der Waals surface area contributed by atoms with Crippen molar-refractivity contribution in [3.8, 4) is 0 Å². The van der Waals surface area contributed by atoms with Gasteiger partial charge in [0, 0.05) is 6.04 Å². The number of halogens is 1. The van der Waals surface area contributed by atoms with E-state index in [9.17, 15) is 12.8 Å². The van der Waals surface area contributed by atoms with Gasteiger partial charge in [-0.15, -0.1) is 0 Å². The van der Waals surface area contributed by atoms with Crippen LogP contribution in [0.5, 0.6) is 0 Å². The fourth-order valence-corrected chi connectivity index (χ4v) is 4.05. The number of aliphatic hydroxyl groups is 1. The predicted octanol–water partition coefficient (Wildman–Crippen LogP) is 2.17. The minimum absolute atomic E-state index is 0.134. The van der Waals surface area contributed by atoms with Crippen molar-refractivity contribution in [2.75, 3.05) is 0 Å². The molecule has 112 valence electrons. The van der Waals surface area contributed by atoms with Crippen LogP contribution in [0, 0.1) is 11.7 Å². The topological polar surface area (TPSA) is 66.4 Å². The van der Waals surface area contributed by atoms with Crippen molar-refractivity contribution < 1.29 is 17.9 Å². The van der Waals surface area contributed by atoms with Gasteiger partial charge in [0.05, 0.1) is 6.61 Å². The zero-order chi connectivity index (χ0) is 14.8. The second kappa shape index (κ2) is 6.20. The van der Waals surface area contributed by atoms with Gasteiger partial charge in [-0.1, -0.05) is 25.8 Å². The second-order valence-electron chi connectivity index (χ2n) is 5.41. The first-order valence-electron chi connectivity index (χ1n) is 6.85.